The molecule has 0 aromatic heterocycles. The Kier molecular flexibility index (Phi) is 18.8. The maximum atomic E-state index is 11.9. The summed E-state index contributed by atoms with van der Waals surface area (Å²) in [5.41, 5.74) is -4.30. The fourth-order valence-corrected chi connectivity index (χ4v) is 31.6. The zero-order valence-electron chi connectivity index (χ0n) is 65.8. The van der Waals surface area contributed by atoms with E-state index in [0.29, 0.717) is 150 Å². The van der Waals surface area contributed by atoms with Crippen molar-refractivity contribution in [1.82, 2.24) is 0 Å². The van der Waals surface area contributed by atoms with Crippen LogP contribution in [0.3, 0.4) is 0 Å². The van der Waals surface area contributed by atoms with Crippen molar-refractivity contribution in [3.8, 4) is 49.4 Å². The summed E-state index contributed by atoms with van der Waals surface area (Å²) in [5, 5.41) is 91.6. The van der Waals surface area contributed by atoms with Crippen LogP contribution in [0, 0.1) is 165 Å². The van der Waals surface area contributed by atoms with Crippen LogP contribution in [0.15, 0.2) is 46.6 Å². The van der Waals surface area contributed by atoms with E-state index in [1.54, 1.807) is 0 Å². The molecule has 2 spiro atoms. The summed E-state index contributed by atoms with van der Waals surface area (Å²) >= 11 is 0. The van der Waals surface area contributed by atoms with E-state index in [4.69, 9.17) is 44.6 Å². The van der Waals surface area contributed by atoms with Gasteiger partial charge in [0.15, 0.2) is 23.1 Å². The Hall–Kier alpha value is -3.94. The van der Waals surface area contributed by atoms with E-state index in [9.17, 15) is 50.4 Å². The Bertz CT molecular complexity index is 3830. The molecular weight excluding hydrogens is 1330 g/mol. The molecule has 12 saturated carbocycles. The molecule has 14 fully saturated rings. The number of carbonyl (C=O) groups excluding carboxylic acids is 2. The summed E-state index contributed by atoms with van der Waals surface area (Å²) in [4.78, 5) is 23.8. The first-order chi connectivity index (χ1) is 49.7. The topological polar surface area (TPSA) is 233 Å². The second-order valence-electron chi connectivity index (χ2n) is 40.3. The number of hydrogen-bond donors (Lipinski definition) is 8. The number of allylic oxidation sites excluding steroid dienone is 4. The third-order valence-corrected chi connectivity index (χ3v) is 35.7. The van der Waals surface area contributed by atoms with Crippen molar-refractivity contribution < 1.29 is 69.4 Å². The van der Waals surface area contributed by atoms with Crippen molar-refractivity contribution in [1.29, 1.82) is 0 Å². The van der Waals surface area contributed by atoms with Crippen LogP contribution in [-0.4, -0.2) is 135 Å². The maximum absolute atomic E-state index is 11.9. The number of aliphatic hydroxyl groups is 8. The van der Waals surface area contributed by atoms with E-state index in [0.717, 1.165) is 128 Å². The van der Waals surface area contributed by atoms with Crippen molar-refractivity contribution in [2.75, 3.05) is 26.4 Å². The van der Waals surface area contributed by atoms with Crippen LogP contribution in [0.1, 0.15) is 262 Å². The van der Waals surface area contributed by atoms with Crippen LogP contribution in [-0.2, 0) is 28.5 Å². The average Bonchev–Trinajstić information content (AvgIpc) is 1.41. The van der Waals surface area contributed by atoms with Gasteiger partial charge in [0.2, 0.25) is 0 Å². The highest BCUT2D eigenvalue weighted by atomic mass is 16.7. The zero-order valence-corrected chi connectivity index (χ0v) is 65.8. The molecule has 18 aliphatic rings. The molecule has 0 aromatic rings. The first-order valence-corrected chi connectivity index (χ1v) is 41.9. The number of ether oxygens (including phenoxy) is 4. The lowest BCUT2D eigenvalue weighted by Gasteiger charge is -2.64. The number of ketones is 2. The van der Waals surface area contributed by atoms with Crippen LogP contribution in [0.4, 0.5) is 0 Å². The van der Waals surface area contributed by atoms with Crippen molar-refractivity contribution in [2.24, 2.45) is 115 Å². The highest BCUT2D eigenvalue weighted by Crippen LogP contribution is 2.75. The van der Waals surface area contributed by atoms with Crippen LogP contribution in [0.5, 0.6) is 0 Å². The Morgan fingerprint density at radius 1 is 0.406 bits per heavy atom. The second-order valence-corrected chi connectivity index (χ2v) is 40.3. The second kappa shape index (κ2) is 25.8. The molecule has 28 atom stereocenters. The Morgan fingerprint density at radius 2 is 0.858 bits per heavy atom. The Morgan fingerprint density at radius 3 is 1.41 bits per heavy atom. The molecule has 2 aliphatic heterocycles. The maximum Gasteiger partial charge on any atom is 0.172 e. The minimum atomic E-state index is -1.12. The summed E-state index contributed by atoms with van der Waals surface area (Å²) in [6.45, 7) is 23.7. The molecule has 0 radical (unpaired) electrons. The quantitative estimate of drug-likeness (QED) is 0.0950. The molecule has 8 N–H and O–H groups in total. The van der Waals surface area contributed by atoms with E-state index in [-0.39, 0.29) is 56.9 Å². The molecule has 580 valence electrons. The first kappa shape index (κ1) is 77.4. The van der Waals surface area contributed by atoms with Crippen molar-refractivity contribution in [3.63, 3.8) is 0 Å². The molecule has 0 bridgehead atoms. The van der Waals surface area contributed by atoms with E-state index in [2.05, 4.69) is 77.4 Å². The SMILES string of the molecule is C#C[C@]1(O)CCC2C3CC=C4CC5(CCC4(C)C3[C@@](C)(O)CC21C)OCCO5.C#C[C@]1(O)CCC2C3CC=C4CC5(CCC4C3[C@@](C)(O)C[C@@]21CC)OCCO5.C#C[C@]1(O)CCC2C3CCC4=CC(=O)CCC4(C)C3[C@@](C)(O)CC21C.C#C[C@]1(O)CCC2C3CCC4=CC(=O)CCC4C3[C@@](C)(O)C[C@@]21CC. The third kappa shape index (κ3) is 11.1. The molecule has 2 saturated heterocycles. The van der Waals surface area contributed by atoms with Crippen molar-refractivity contribution >= 4 is 11.6 Å². The molecule has 16 aliphatic carbocycles. The number of fused-ring (bicyclic) bond motifs is 20. The van der Waals surface area contributed by atoms with Gasteiger partial charge in [0, 0.05) is 60.2 Å². The molecule has 0 aromatic carbocycles. The molecule has 2 heterocycles. The highest BCUT2D eigenvalue weighted by molar-refractivity contribution is 5.92. The van der Waals surface area contributed by atoms with Gasteiger partial charge < -0.3 is 59.8 Å². The minimum Gasteiger partial charge on any atom is -0.390 e. The molecule has 106 heavy (non-hydrogen) atoms. The molecule has 18 unspecified atom stereocenters. The molecule has 14 nitrogen and oxygen atoms in total. The standard InChI is InChI=1S/2C24H34O4.2C22H30O3/c1-5-23(26)9-8-18-17-7-6-16-14-24(27-12-13-28-24)11-10-20(16,2)19(17)22(4,25)15-21(18,23)3;1-4-22-15-21(3,25)20-17-8-11-24(27-12-13-28-24)14-16(17)6-7-18(20)19(22)9-10-23(22,26)5-2;1-5-22(25)11-9-17-16-7-6-14-12-15(23)8-10-19(14,2)18(16)21(4,24)13-20(17,22)3;1-4-21-13-20(3,24)19-16-9-7-15(23)12-14(16)6-8-17(19)18(21)10-11-22(21,25)5-2/h1,6,17-19,25-26H,7-15H2,2-4H3;2,6,17-20,25-26H,4,7-15H2,1,3H3;1,12,16-18,24-25H,6-11,13H2,2-4H3;2,12,16-19,24-25H,4,6-11,13H2,1,3H3/t17?,18?,19?,20?,21?,22-,23-;17?,18?,19?,20?,21-,22-,23-;16?,17?,18?,19?,20?,21-,22-;16?,17?,18?,19?,20-,21-,22-/m0000/s1. The monoisotopic (exact) mass is 1460 g/mol. The Labute approximate surface area is 633 Å². The molecule has 18 rings (SSSR count). The van der Waals surface area contributed by atoms with Crippen molar-refractivity contribution in [3.05, 3.63) is 46.6 Å². The van der Waals surface area contributed by atoms with Gasteiger partial charge in [-0.2, -0.15) is 0 Å². The summed E-state index contributed by atoms with van der Waals surface area (Å²) in [6.07, 6.45) is 56.1. The van der Waals surface area contributed by atoms with Gasteiger partial charge in [-0.15, -0.1) is 25.7 Å². The number of rotatable bonds is 2. The molecular formula is C92H128O14. The summed E-state index contributed by atoms with van der Waals surface area (Å²) in [7, 11) is 0. The normalized spacial score (nSPS) is 53.2. The van der Waals surface area contributed by atoms with Crippen LogP contribution >= 0.6 is 0 Å². The predicted octanol–water partition coefficient (Wildman–Crippen LogP) is 13.3. The first-order valence-electron chi connectivity index (χ1n) is 41.9. The van der Waals surface area contributed by atoms with E-state index in [1.165, 1.54) is 22.3 Å². The third-order valence-electron chi connectivity index (χ3n) is 35.7. The van der Waals surface area contributed by atoms with Gasteiger partial charge in [-0.05, 0) is 288 Å². The van der Waals surface area contributed by atoms with Gasteiger partial charge in [0.1, 0.15) is 22.4 Å². The summed E-state index contributed by atoms with van der Waals surface area (Å²) < 4.78 is 24.0. The minimum absolute atomic E-state index is 0.0504. The number of terminal acetylenes is 4. The lowest BCUT2D eigenvalue weighted by atomic mass is 9.42. The highest BCUT2D eigenvalue weighted by Gasteiger charge is 2.74. The number of carbonyl (C=O) groups is 2. The van der Waals surface area contributed by atoms with Gasteiger partial charge in [0.25, 0.3) is 0 Å². The van der Waals surface area contributed by atoms with Gasteiger partial charge in [-0.25, -0.2) is 0 Å². The van der Waals surface area contributed by atoms with Gasteiger partial charge >= 0.3 is 0 Å². The predicted molar refractivity (Wildman–Crippen MR) is 405 cm³/mol. The smallest absolute Gasteiger partial charge is 0.172 e. The lowest BCUT2D eigenvalue weighted by Crippen LogP contribution is -2.64. The van der Waals surface area contributed by atoms with Gasteiger partial charge in [-0.3, -0.25) is 9.59 Å². The van der Waals surface area contributed by atoms with Gasteiger partial charge in [0.05, 0.1) is 48.8 Å². The van der Waals surface area contributed by atoms with E-state index >= 15 is 0 Å². The number of hydrogen-bond acceptors (Lipinski definition) is 14. The zero-order chi connectivity index (χ0) is 76.1. The fraction of sp³-hybridized carbons (Fsp3) is 0.804. The lowest BCUT2D eigenvalue weighted by molar-refractivity contribution is -0.218. The summed E-state index contributed by atoms with van der Waals surface area (Å²) in [5.74, 6) is 14.8. The van der Waals surface area contributed by atoms with E-state index < -0.39 is 67.2 Å². The van der Waals surface area contributed by atoms with Crippen LogP contribution < -0.4 is 0 Å². The Balaban J connectivity index is 0.000000113. The molecule has 14 heteroatoms. The fourth-order valence-electron chi connectivity index (χ4n) is 31.6. The van der Waals surface area contributed by atoms with Gasteiger partial charge in [-0.1, -0.05) is 99.7 Å². The average molecular weight is 1460 g/mol. The molecule has 0 amide bonds. The largest absolute Gasteiger partial charge is 0.390 e. The summed E-state index contributed by atoms with van der Waals surface area (Å²) in [6, 6.07) is 0. The van der Waals surface area contributed by atoms with Crippen LogP contribution in [0.25, 0.3) is 0 Å². The van der Waals surface area contributed by atoms with Crippen LogP contribution in [0.2, 0.25) is 0 Å². The van der Waals surface area contributed by atoms with E-state index in [1.807, 2.05) is 39.8 Å². The van der Waals surface area contributed by atoms with Crippen molar-refractivity contribution in [2.45, 2.75) is 318 Å².